The first kappa shape index (κ1) is 16.3. The largest absolute Gasteiger partial charge is 0.310 e. The van der Waals surface area contributed by atoms with Crippen LogP contribution < -0.4 is 5.32 Å². The highest BCUT2D eigenvalue weighted by atomic mass is 79.9. The summed E-state index contributed by atoms with van der Waals surface area (Å²) < 4.78 is 1.16. The van der Waals surface area contributed by atoms with Gasteiger partial charge < -0.3 is 5.32 Å². The maximum absolute atomic E-state index is 3.71. The molecule has 1 nitrogen and oxygen atoms in total. The molecule has 2 rings (SSSR count). The molecule has 21 heavy (non-hydrogen) atoms. The Hall–Kier alpha value is -1.12. The van der Waals surface area contributed by atoms with Crippen LogP contribution in [0.3, 0.4) is 0 Å². The van der Waals surface area contributed by atoms with Crippen LogP contribution in [0.1, 0.15) is 37.4 Å². The van der Waals surface area contributed by atoms with Gasteiger partial charge in [-0.15, -0.1) is 0 Å². The first-order chi connectivity index (χ1) is 10.2. The van der Waals surface area contributed by atoms with Crippen molar-refractivity contribution < 1.29 is 0 Å². The van der Waals surface area contributed by atoms with E-state index in [1.165, 1.54) is 11.1 Å². The predicted octanol–water partition coefficient (Wildman–Crippen LogP) is 5.37. The molecule has 2 aromatic carbocycles. The third-order valence-corrected chi connectivity index (χ3v) is 4.28. The van der Waals surface area contributed by atoms with Crippen molar-refractivity contribution in [3.8, 4) is 0 Å². The van der Waals surface area contributed by atoms with Crippen molar-refractivity contribution in [2.24, 2.45) is 5.92 Å². The van der Waals surface area contributed by atoms with Gasteiger partial charge in [-0.2, -0.15) is 0 Å². The number of rotatable bonds is 7. The highest BCUT2D eigenvalue weighted by Gasteiger charge is 2.18. The summed E-state index contributed by atoms with van der Waals surface area (Å²) in [6.07, 6.45) is 2.24. The van der Waals surface area contributed by atoms with E-state index in [4.69, 9.17) is 0 Å². The van der Waals surface area contributed by atoms with Crippen LogP contribution in [0.4, 0.5) is 0 Å². The molecule has 0 saturated heterocycles. The second-order valence-corrected chi connectivity index (χ2v) is 6.57. The van der Waals surface area contributed by atoms with Gasteiger partial charge in [0.05, 0.1) is 0 Å². The molecule has 2 heteroatoms. The van der Waals surface area contributed by atoms with Crippen LogP contribution in [-0.2, 0) is 6.42 Å². The fraction of sp³-hybridized carbons (Fsp3) is 0.368. The maximum atomic E-state index is 3.71. The summed E-state index contributed by atoms with van der Waals surface area (Å²) in [4.78, 5) is 0. The fourth-order valence-corrected chi connectivity index (χ4v) is 3.21. The fourth-order valence-electron chi connectivity index (χ4n) is 2.76. The molecule has 0 saturated carbocycles. The van der Waals surface area contributed by atoms with Crippen molar-refractivity contribution in [2.75, 3.05) is 6.54 Å². The molecule has 0 aliphatic rings. The van der Waals surface area contributed by atoms with Gasteiger partial charge >= 0.3 is 0 Å². The van der Waals surface area contributed by atoms with Gasteiger partial charge in [-0.25, -0.2) is 0 Å². The lowest BCUT2D eigenvalue weighted by atomic mass is 9.89. The third-order valence-electron chi connectivity index (χ3n) is 3.79. The zero-order valence-corrected chi connectivity index (χ0v) is 14.4. The summed E-state index contributed by atoms with van der Waals surface area (Å²) in [5.74, 6) is 0.549. The number of hydrogen-bond donors (Lipinski definition) is 1. The highest BCUT2D eigenvalue weighted by Crippen LogP contribution is 2.26. The normalized spacial score (nSPS) is 13.9. The first-order valence-electron chi connectivity index (χ1n) is 7.73. The number of hydrogen-bond acceptors (Lipinski definition) is 1. The van der Waals surface area contributed by atoms with E-state index in [-0.39, 0.29) is 0 Å². The Kier molecular flexibility index (Phi) is 6.47. The molecule has 0 bridgehead atoms. The number of halogens is 1. The molecule has 0 aromatic heterocycles. The lowest BCUT2D eigenvalue weighted by Crippen LogP contribution is -2.28. The molecular weight excluding hydrogens is 322 g/mol. The minimum absolute atomic E-state index is 0.408. The Morgan fingerprint density at radius 3 is 2.48 bits per heavy atom. The van der Waals surface area contributed by atoms with E-state index in [9.17, 15) is 0 Å². The topological polar surface area (TPSA) is 12.0 Å². The van der Waals surface area contributed by atoms with Crippen LogP contribution in [0, 0.1) is 5.92 Å². The second kappa shape index (κ2) is 8.35. The Morgan fingerprint density at radius 2 is 1.81 bits per heavy atom. The molecule has 2 unspecified atom stereocenters. The van der Waals surface area contributed by atoms with E-state index in [2.05, 4.69) is 89.7 Å². The molecule has 0 radical (unpaired) electrons. The molecule has 0 heterocycles. The highest BCUT2D eigenvalue weighted by molar-refractivity contribution is 9.10. The molecule has 2 aromatic rings. The van der Waals surface area contributed by atoms with Gasteiger partial charge in [-0.05, 0) is 48.6 Å². The van der Waals surface area contributed by atoms with Gasteiger partial charge in [0.15, 0.2) is 0 Å². The lowest BCUT2D eigenvalue weighted by molar-refractivity contribution is 0.384. The molecule has 0 spiro atoms. The van der Waals surface area contributed by atoms with E-state index in [1.54, 1.807) is 0 Å². The van der Waals surface area contributed by atoms with E-state index in [0.717, 1.165) is 23.9 Å². The van der Waals surface area contributed by atoms with Crippen molar-refractivity contribution >= 4 is 15.9 Å². The number of nitrogens with one attached hydrogen (secondary N) is 1. The zero-order valence-electron chi connectivity index (χ0n) is 12.9. The summed E-state index contributed by atoms with van der Waals surface area (Å²) in [5.41, 5.74) is 2.77. The first-order valence-corrected chi connectivity index (χ1v) is 8.52. The standard InChI is InChI=1S/C19H24BrN/c1-3-12-21-19(17-9-5-4-6-10-17)15(2)13-16-8-7-11-18(20)14-16/h4-11,14-15,19,21H,3,12-13H2,1-2H3. The summed E-state index contributed by atoms with van der Waals surface area (Å²) in [6.45, 7) is 5.61. The molecule has 1 N–H and O–H groups in total. The average molecular weight is 346 g/mol. The van der Waals surface area contributed by atoms with Crippen molar-refractivity contribution in [1.82, 2.24) is 5.32 Å². The summed E-state index contributed by atoms with van der Waals surface area (Å²) >= 11 is 3.56. The van der Waals surface area contributed by atoms with Crippen LogP contribution in [0.25, 0.3) is 0 Å². The molecule has 2 atom stereocenters. The maximum Gasteiger partial charge on any atom is 0.0349 e. The van der Waals surface area contributed by atoms with E-state index >= 15 is 0 Å². The Balaban J connectivity index is 2.12. The van der Waals surface area contributed by atoms with Crippen molar-refractivity contribution in [3.05, 3.63) is 70.2 Å². The quantitative estimate of drug-likeness (QED) is 0.711. The van der Waals surface area contributed by atoms with Crippen LogP contribution in [0.15, 0.2) is 59.1 Å². The van der Waals surface area contributed by atoms with Crippen LogP contribution in [0.5, 0.6) is 0 Å². The summed E-state index contributed by atoms with van der Waals surface area (Å²) in [6, 6.07) is 19.8. The summed E-state index contributed by atoms with van der Waals surface area (Å²) in [5, 5.41) is 3.71. The minimum atomic E-state index is 0.408. The monoisotopic (exact) mass is 345 g/mol. The molecular formula is C19H24BrN. The minimum Gasteiger partial charge on any atom is -0.310 e. The van der Waals surface area contributed by atoms with E-state index < -0.39 is 0 Å². The smallest absolute Gasteiger partial charge is 0.0349 e. The van der Waals surface area contributed by atoms with Crippen LogP contribution in [0.2, 0.25) is 0 Å². The molecule has 0 aliphatic carbocycles. The number of benzene rings is 2. The molecule has 0 aliphatic heterocycles. The SMILES string of the molecule is CCCNC(c1ccccc1)C(C)Cc1cccc(Br)c1. The van der Waals surface area contributed by atoms with Crippen molar-refractivity contribution in [2.45, 2.75) is 32.7 Å². The summed E-state index contributed by atoms with van der Waals surface area (Å²) in [7, 11) is 0. The molecule has 0 fully saturated rings. The Morgan fingerprint density at radius 1 is 1.05 bits per heavy atom. The Bertz CT molecular complexity index is 538. The second-order valence-electron chi connectivity index (χ2n) is 5.65. The van der Waals surface area contributed by atoms with E-state index in [1.807, 2.05) is 0 Å². The average Bonchev–Trinajstić information content (AvgIpc) is 2.49. The van der Waals surface area contributed by atoms with Gasteiger partial charge in [0, 0.05) is 10.5 Å². The van der Waals surface area contributed by atoms with Gasteiger partial charge in [-0.3, -0.25) is 0 Å². The molecule has 0 amide bonds. The van der Waals surface area contributed by atoms with Gasteiger partial charge in [0.25, 0.3) is 0 Å². The van der Waals surface area contributed by atoms with Crippen LogP contribution in [-0.4, -0.2) is 6.54 Å². The lowest BCUT2D eigenvalue weighted by Gasteiger charge is -2.26. The van der Waals surface area contributed by atoms with E-state index in [0.29, 0.717) is 12.0 Å². The third kappa shape index (κ3) is 4.98. The Labute approximate surface area is 136 Å². The van der Waals surface area contributed by atoms with Gasteiger partial charge in [0.2, 0.25) is 0 Å². The predicted molar refractivity (Wildman–Crippen MR) is 94.5 cm³/mol. The van der Waals surface area contributed by atoms with Crippen molar-refractivity contribution in [3.63, 3.8) is 0 Å². The van der Waals surface area contributed by atoms with Crippen LogP contribution >= 0.6 is 15.9 Å². The van der Waals surface area contributed by atoms with Gasteiger partial charge in [-0.1, -0.05) is 72.2 Å². The van der Waals surface area contributed by atoms with Crippen molar-refractivity contribution in [1.29, 1.82) is 0 Å². The molecule has 112 valence electrons. The van der Waals surface area contributed by atoms with Gasteiger partial charge in [0.1, 0.15) is 0 Å². The zero-order chi connectivity index (χ0) is 15.1.